The number of halogens is 2. The van der Waals surface area contributed by atoms with Crippen molar-refractivity contribution in [2.24, 2.45) is 5.41 Å². The number of carbonyl (C=O) groups excluding carboxylic acids is 1. The molecule has 0 amide bonds. The van der Waals surface area contributed by atoms with E-state index in [2.05, 4.69) is 10.9 Å². The number of hydrogen-bond acceptors (Lipinski definition) is 5. The van der Waals surface area contributed by atoms with Gasteiger partial charge in [0, 0.05) is 12.2 Å². The standard InChI is InChI=1S/C24H23Cl2N3O3/c1-5-10-28(17-7-8-19(25)20(26)12-17)13-16-6-9-21-18(11-16)22(30)29(14-27-21)15-32-23(31)24(2,3)4/h1,6-9,11-12,14H,10,13,15H2,2-4H3. The Morgan fingerprint density at radius 1 is 1.19 bits per heavy atom. The molecule has 166 valence electrons. The van der Waals surface area contributed by atoms with Gasteiger partial charge in [-0.25, -0.2) is 4.98 Å². The number of fused-ring (bicyclic) bond motifs is 1. The third kappa shape index (κ3) is 5.42. The van der Waals surface area contributed by atoms with Crippen LogP contribution in [0.5, 0.6) is 0 Å². The van der Waals surface area contributed by atoms with Crippen LogP contribution < -0.4 is 10.5 Å². The number of carbonyl (C=O) groups is 1. The van der Waals surface area contributed by atoms with Gasteiger partial charge in [0.15, 0.2) is 6.73 Å². The molecule has 8 heteroatoms. The largest absolute Gasteiger partial charge is 0.443 e. The minimum absolute atomic E-state index is 0.200. The van der Waals surface area contributed by atoms with Gasteiger partial charge in [0.1, 0.15) is 6.33 Å². The molecule has 0 bridgehead atoms. The predicted octanol–water partition coefficient (Wildman–Crippen LogP) is 4.89. The van der Waals surface area contributed by atoms with Crippen molar-refractivity contribution in [3.63, 3.8) is 0 Å². The number of terminal acetylenes is 1. The fourth-order valence-corrected chi connectivity index (χ4v) is 3.28. The van der Waals surface area contributed by atoms with Crippen molar-refractivity contribution in [3.05, 3.63) is 68.7 Å². The third-order valence-corrected chi connectivity index (χ3v) is 5.50. The number of aromatic nitrogens is 2. The van der Waals surface area contributed by atoms with Gasteiger partial charge < -0.3 is 9.64 Å². The van der Waals surface area contributed by atoms with Gasteiger partial charge in [0.2, 0.25) is 0 Å². The molecule has 0 radical (unpaired) electrons. The molecule has 2 aromatic carbocycles. The van der Waals surface area contributed by atoms with Crippen LogP contribution >= 0.6 is 23.2 Å². The summed E-state index contributed by atoms with van der Waals surface area (Å²) in [6.07, 6.45) is 6.93. The number of rotatable bonds is 6. The number of nitrogens with zero attached hydrogens (tertiary/aromatic N) is 3. The van der Waals surface area contributed by atoms with Crippen molar-refractivity contribution in [2.75, 3.05) is 11.4 Å². The van der Waals surface area contributed by atoms with Gasteiger partial charge in [-0.15, -0.1) is 6.42 Å². The van der Waals surface area contributed by atoms with E-state index < -0.39 is 11.4 Å². The van der Waals surface area contributed by atoms with Crippen LogP contribution in [0.4, 0.5) is 5.69 Å². The molecule has 1 aromatic heterocycles. The number of esters is 1. The van der Waals surface area contributed by atoms with Gasteiger partial charge in [-0.05, 0) is 56.7 Å². The molecule has 0 aliphatic rings. The fourth-order valence-electron chi connectivity index (χ4n) is 2.99. The van der Waals surface area contributed by atoms with Gasteiger partial charge in [0.25, 0.3) is 5.56 Å². The van der Waals surface area contributed by atoms with Crippen LogP contribution in [0.3, 0.4) is 0 Å². The summed E-state index contributed by atoms with van der Waals surface area (Å²) in [5.74, 6) is 2.24. The topological polar surface area (TPSA) is 64.4 Å². The second kappa shape index (κ2) is 9.64. The van der Waals surface area contributed by atoms with E-state index in [1.54, 1.807) is 45.0 Å². The second-order valence-electron chi connectivity index (χ2n) is 8.34. The molecule has 0 saturated heterocycles. The molecular formula is C24H23Cl2N3O3. The quantitative estimate of drug-likeness (QED) is 0.378. The van der Waals surface area contributed by atoms with Gasteiger partial charge in [-0.3, -0.25) is 14.2 Å². The predicted molar refractivity (Wildman–Crippen MR) is 128 cm³/mol. The van der Waals surface area contributed by atoms with Gasteiger partial charge in [-0.2, -0.15) is 0 Å². The Hall–Kier alpha value is -3.01. The molecule has 32 heavy (non-hydrogen) atoms. The summed E-state index contributed by atoms with van der Waals surface area (Å²) in [4.78, 5) is 31.3. The van der Waals surface area contributed by atoms with Crippen LogP contribution in [0.1, 0.15) is 26.3 Å². The molecule has 0 aliphatic heterocycles. The molecule has 6 nitrogen and oxygen atoms in total. The van der Waals surface area contributed by atoms with E-state index >= 15 is 0 Å². The van der Waals surface area contributed by atoms with E-state index in [1.165, 1.54) is 10.9 Å². The molecule has 0 unspecified atom stereocenters. The summed E-state index contributed by atoms with van der Waals surface area (Å²) in [7, 11) is 0. The van der Waals surface area contributed by atoms with Crippen LogP contribution in [-0.2, 0) is 22.8 Å². The third-order valence-electron chi connectivity index (χ3n) is 4.76. The number of benzene rings is 2. The summed E-state index contributed by atoms with van der Waals surface area (Å²) < 4.78 is 6.53. The lowest BCUT2D eigenvalue weighted by molar-refractivity contribution is -0.157. The zero-order valence-electron chi connectivity index (χ0n) is 18.1. The van der Waals surface area contributed by atoms with Gasteiger partial charge >= 0.3 is 5.97 Å². The van der Waals surface area contributed by atoms with Crippen molar-refractivity contribution >= 4 is 45.8 Å². The van der Waals surface area contributed by atoms with Crippen LogP contribution in [0.25, 0.3) is 10.9 Å². The van der Waals surface area contributed by atoms with Crippen LogP contribution in [0.2, 0.25) is 10.0 Å². The first-order chi connectivity index (χ1) is 15.1. The number of hydrogen-bond donors (Lipinski definition) is 0. The summed E-state index contributed by atoms with van der Waals surface area (Å²) >= 11 is 12.2. The monoisotopic (exact) mass is 471 g/mol. The zero-order valence-corrected chi connectivity index (χ0v) is 19.6. The molecule has 3 rings (SSSR count). The lowest BCUT2D eigenvalue weighted by atomic mass is 9.98. The summed E-state index contributed by atoms with van der Waals surface area (Å²) in [5, 5.41) is 1.31. The molecule has 0 spiro atoms. The Kier molecular flexibility index (Phi) is 7.12. The molecule has 0 aliphatic carbocycles. The van der Waals surface area contributed by atoms with Crippen molar-refractivity contribution in [3.8, 4) is 12.3 Å². The minimum atomic E-state index is -0.661. The first kappa shape index (κ1) is 23.6. The Morgan fingerprint density at radius 3 is 2.59 bits per heavy atom. The average molecular weight is 472 g/mol. The van der Waals surface area contributed by atoms with Crippen molar-refractivity contribution in [1.29, 1.82) is 0 Å². The van der Waals surface area contributed by atoms with E-state index in [1.807, 2.05) is 17.0 Å². The van der Waals surface area contributed by atoms with Gasteiger partial charge in [-0.1, -0.05) is 35.2 Å². The van der Waals surface area contributed by atoms with E-state index in [0.29, 0.717) is 34.0 Å². The molecule has 3 aromatic rings. The van der Waals surface area contributed by atoms with Crippen LogP contribution in [0, 0.1) is 17.8 Å². The van der Waals surface area contributed by atoms with Crippen molar-refractivity contribution in [2.45, 2.75) is 34.0 Å². The molecule has 0 atom stereocenters. The van der Waals surface area contributed by atoms with Crippen molar-refractivity contribution in [1.82, 2.24) is 9.55 Å². The maximum absolute atomic E-state index is 13.0. The van der Waals surface area contributed by atoms with E-state index in [-0.39, 0.29) is 12.3 Å². The van der Waals surface area contributed by atoms with Crippen molar-refractivity contribution < 1.29 is 9.53 Å². The van der Waals surface area contributed by atoms with Crippen LogP contribution in [-0.4, -0.2) is 22.1 Å². The highest BCUT2D eigenvalue weighted by Gasteiger charge is 2.23. The second-order valence-corrected chi connectivity index (χ2v) is 9.15. The Balaban J connectivity index is 1.89. The molecule has 0 fully saturated rings. The van der Waals surface area contributed by atoms with E-state index in [4.69, 9.17) is 34.4 Å². The first-order valence-corrected chi connectivity index (χ1v) is 10.6. The Labute approximate surface area is 196 Å². The average Bonchev–Trinajstić information content (AvgIpc) is 2.74. The Morgan fingerprint density at radius 2 is 1.94 bits per heavy atom. The van der Waals surface area contributed by atoms with Gasteiger partial charge in [0.05, 0.1) is 32.9 Å². The summed E-state index contributed by atoms with van der Waals surface area (Å²) in [6, 6.07) is 10.7. The first-order valence-electron chi connectivity index (χ1n) is 9.89. The van der Waals surface area contributed by atoms with E-state index in [0.717, 1.165) is 11.3 Å². The Bertz CT molecular complexity index is 1260. The molecule has 1 heterocycles. The zero-order chi connectivity index (χ0) is 23.5. The lowest BCUT2D eigenvalue weighted by Crippen LogP contribution is -2.28. The highest BCUT2D eigenvalue weighted by atomic mass is 35.5. The highest BCUT2D eigenvalue weighted by molar-refractivity contribution is 6.42. The number of anilines is 1. The summed E-state index contributed by atoms with van der Waals surface area (Å²) in [5.41, 5.74) is 1.27. The fraction of sp³-hybridized carbons (Fsp3) is 0.292. The van der Waals surface area contributed by atoms with Crippen LogP contribution in [0.15, 0.2) is 47.5 Å². The maximum Gasteiger partial charge on any atom is 0.312 e. The minimum Gasteiger partial charge on any atom is -0.443 e. The molecular weight excluding hydrogens is 449 g/mol. The normalized spacial score (nSPS) is 11.2. The highest BCUT2D eigenvalue weighted by Crippen LogP contribution is 2.28. The molecule has 0 saturated carbocycles. The summed E-state index contributed by atoms with van der Waals surface area (Å²) in [6.45, 7) is 5.84. The maximum atomic E-state index is 13.0. The SMILES string of the molecule is C#CCN(Cc1ccc2ncn(COC(=O)C(C)(C)C)c(=O)c2c1)c1ccc(Cl)c(Cl)c1. The number of ether oxygens (including phenoxy) is 1. The van der Waals surface area contributed by atoms with E-state index in [9.17, 15) is 9.59 Å². The smallest absolute Gasteiger partial charge is 0.312 e. The molecule has 0 N–H and O–H groups in total. The lowest BCUT2D eigenvalue weighted by Gasteiger charge is -2.23.